The van der Waals surface area contributed by atoms with Gasteiger partial charge in [-0.25, -0.2) is 4.98 Å². The Labute approximate surface area is 127 Å². The SMILES string of the molecule is C[C@H](C(=O)NC(C)(C)C)[NH+]1CCN(c2cccc[nH+]2)CC1. The van der Waals surface area contributed by atoms with Crippen LogP contribution in [0.1, 0.15) is 27.7 Å². The molecule has 1 fully saturated rings. The van der Waals surface area contributed by atoms with Crippen LogP contribution in [0.15, 0.2) is 24.4 Å². The monoisotopic (exact) mass is 292 g/mol. The minimum atomic E-state index is -0.161. The number of aromatic amines is 1. The fraction of sp³-hybridized carbons (Fsp3) is 0.625. The van der Waals surface area contributed by atoms with E-state index in [1.807, 2.05) is 46.0 Å². The largest absolute Gasteiger partial charge is 0.346 e. The van der Waals surface area contributed by atoms with Gasteiger partial charge in [-0.3, -0.25) is 9.69 Å². The molecule has 1 atom stereocenters. The minimum Gasteiger partial charge on any atom is -0.346 e. The molecule has 0 saturated carbocycles. The van der Waals surface area contributed by atoms with E-state index in [9.17, 15) is 4.79 Å². The first-order chi connectivity index (χ1) is 9.87. The maximum Gasteiger partial charge on any atom is 0.278 e. The van der Waals surface area contributed by atoms with Gasteiger partial charge in [0.25, 0.3) is 11.7 Å². The number of nitrogens with zero attached hydrogens (tertiary/aromatic N) is 1. The van der Waals surface area contributed by atoms with Crippen molar-refractivity contribution in [1.29, 1.82) is 0 Å². The third-order valence-electron chi connectivity index (χ3n) is 3.94. The second kappa shape index (κ2) is 6.43. The van der Waals surface area contributed by atoms with E-state index in [-0.39, 0.29) is 17.5 Å². The van der Waals surface area contributed by atoms with Crippen LogP contribution in [0, 0.1) is 0 Å². The molecule has 2 rings (SSSR count). The van der Waals surface area contributed by atoms with E-state index in [1.54, 1.807) is 0 Å². The van der Waals surface area contributed by atoms with E-state index in [0.717, 1.165) is 32.0 Å². The molecule has 21 heavy (non-hydrogen) atoms. The van der Waals surface area contributed by atoms with Crippen molar-refractivity contribution < 1.29 is 14.7 Å². The number of aromatic nitrogens is 1. The summed E-state index contributed by atoms with van der Waals surface area (Å²) in [5, 5.41) is 3.08. The first-order valence-electron chi connectivity index (χ1n) is 7.75. The first-order valence-corrected chi connectivity index (χ1v) is 7.75. The summed E-state index contributed by atoms with van der Waals surface area (Å²) in [7, 11) is 0. The van der Waals surface area contributed by atoms with E-state index in [0.29, 0.717) is 0 Å². The molecule has 0 aliphatic carbocycles. The highest BCUT2D eigenvalue weighted by atomic mass is 16.2. The van der Waals surface area contributed by atoms with Crippen LogP contribution in [0.4, 0.5) is 5.82 Å². The Kier molecular flexibility index (Phi) is 4.83. The third kappa shape index (κ3) is 4.43. The maximum absolute atomic E-state index is 12.3. The molecule has 0 unspecified atom stereocenters. The highest BCUT2D eigenvalue weighted by molar-refractivity contribution is 5.80. The van der Waals surface area contributed by atoms with Crippen LogP contribution < -0.4 is 20.1 Å². The molecule has 5 heteroatoms. The highest BCUT2D eigenvalue weighted by Crippen LogP contribution is 2.05. The number of H-pyrrole nitrogens is 1. The van der Waals surface area contributed by atoms with E-state index in [1.165, 1.54) is 4.90 Å². The molecule has 0 bridgehead atoms. The number of piperazine rings is 1. The molecule has 2 heterocycles. The summed E-state index contributed by atoms with van der Waals surface area (Å²) in [6, 6.07) is 6.14. The number of carbonyl (C=O) groups is 1. The summed E-state index contributed by atoms with van der Waals surface area (Å²) in [6.07, 6.45) is 1.95. The first kappa shape index (κ1) is 15.8. The van der Waals surface area contributed by atoms with Gasteiger partial charge in [0.2, 0.25) is 0 Å². The Morgan fingerprint density at radius 1 is 1.33 bits per heavy atom. The molecule has 1 aromatic rings. The standard InChI is InChI=1S/C16H26N4O/c1-13(15(21)18-16(2,3)4)19-9-11-20(12-10-19)14-7-5-6-8-17-14/h5-8,13H,9-12H2,1-4H3,(H,18,21)/p+2/t13-/m1/s1. The molecule has 1 aromatic heterocycles. The number of hydrogen-bond acceptors (Lipinski definition) is 2. The normalized spacial score (nSPS) is 18.4. The Hall–Kier alpha value is -1.62. The second-order valence-electron chi connectivity index (χ2n) is 6.85. The topological polar surface area (TPSA) is 50.9 Å². The molecular formula is C16H28N4O+2. The zero-order chi connectivity index (χ0) is 15.5. The number of amides is 1. The number of nitrogens with one attached hydrogen (secondary N) is 3. The van der Waals surface area contributed by atoms with Gasteiger partial charge in [-0.1, -0.05) is 6.07 Å². The van der Waals surface area contributed by atoms with Crippen molar-refractivity contribution in [2.75, 3.05) is 31.1 Å². The van der Waals surface area contributed by atoms with Gasteiger partial charge in [0.15, 0.2) is 6.04 Å². The number of carbonyl (C=O) groups excluding carboxylic acids is 1. The van der Waals surface area contributed by atoms with Crippen molar-refractivity contribution in [2.24, 2.45) is 0 Å². The average Bonchev–Trinajstić information content (AvgIpc) is 2.46. The summed E-state index contributed by atoms with van der Waals surface area (Å²) < 4.78 is 0. The lowest BCUT2D eigenvalue weighted by Gasteiger charge is -2.33. The van der Waals surface area contributed by atoms with Gasteiger partial charge in [-0.2, -0.15) is 0 Å². The molecule has 0 spiro atoms. The number of pyridine rings is 1. The molecule has 1 aliphatic rings. The number of rotatable bonds is 3. The smallest absolute Gasteiger partial charge is 0.278 e. The lowest BCUT2D eigenvalue weighted by Crippen LogP contribution is -3.19. The Balaban J connectivity index is 1.87. The summed E-state index contributed by atoms with van der Waals surface area (Å²) in [4.78, 5) is 19.2. The van der Waals surface area contributed by atoms with Crippen LogP contribution in [-0.4, -0.2) is 43.7 Å². The maximum atomic E-state index is 12.3. The third-order valence-corrected chi connectivity index (χ3v) is 3.94. The lowest BCUT2D eigenvalue weighted by molar-refractivity contribution is -0.914. The number of hydrogen-bond donors (Lipinski definition) is 2. The number of quaternary nitrogens is 1. The Morgan fingerprint density at radius 3 is 2.52 bits per heavy atom. The summed E-state index contributed by atoms with van der Waals surface area (Å²) in [5.41, 5.74) is -0.161. The molecule has 0 radical (unpaired) electrons. The van der Waals surface area contributed by atoms with Crippen molar-refractivity contribution in [2.45, 2.75) is 39.3 Å². The quantitative estimate of drug-likeness (QED) is 0.790. The molecule has 116 valence electrons. The second-order valence-corrected chi connectivity index (χ2v) is 6.85. The van der Waals surface area contributed by atoms with Crippen LogP contribution in [0.5, 0.6) is 0 Å². The van der Waals surface area contributed by atoms with Gasteiger partial charge in [0.05, 0.1) is 6.20 Å². The molecule has 5 nitrogen and oxygen atoms in total. The predicted molar refractivity (Wildman–Crippen MR) is 83.3 cm³/mol. The molecule has 1 saturated heterocycles. The minimum absolute atomic E-state index is 0.00567. The van der Waals surface area contributed by atoms with E-state index in [4.69, 9.17) is 0 Å². The Bertz CT molecular complexity index is 461. The van der Waals surface area contributed by atoms with Crippen molar-refractivity contribution in [3.63, 3.8) is 0 Å². The molecule has 3 N–H and O–H groups in total. The fourth-order valence-electron chi connectivity index (χ4n) is 2.71. The van der Waals surface area contributed by atoms with E-state index >= 15 is 0 Å². The van der Waals surface area contributed by atoms with Crippen molar-refractivity contribution >= 4 is 11.7 Å². The van der Waals surface area contributed by atoms with Crippen LogP contribution >= 0.6 is 0 Å². The average molecular weight is 292 g/mol. The van der Waals surface area contributed by atoms with Crippen LogP contribution in [0.2, 0.25) is 0 Å². The van der Waals surface area contributed by atoms with Crippen molar-refractivity contribution in [3.8, 4) is 0 Å². The summed E-state index contributed by atoms with van der Waals surface area (Å²) >= 11 is 0. The van der Waals surface area contributed by atoms with E-state index < -0.39 is 0 Å². The van der Waals surface area contributed by atoms with E-state index in [2.05, 4.69) is 21.3 Å². The highest BCUT2D eigenvalue weighted by Gasteiger charge is 2.33. The predicted octanol–water partition coefficient (Wildman–Crippen LogP) is -0.491. The van der Waals surface area contributed by atoms with Gasteiger partial charge < -0.3 is 10.2 Å². The molecule has 0 aromatic carbocycles. The van der Waals surface area contributed by atoms with Crippen molar-refractivity contribution in [3.05, 3.63) is 24.4 Å². The molecular weight excluding hydrogens is 264 g/mol. The lowest BCUT2D eigenvalue weighted by atomic mass is 10.1. The van der Waals surface area contributed by atoms with Crippen LogP contribution in [0.3, 0.4) is 0 Å². The van der Waals surface area contributed by atoms with Crippen LogP contribution in [-0.2, 0) is 4.79 Å². The summed E-state index contributed by atoms with van der Waals surface area (Å²) in [6.45, 7) is 12.0. The number of anilines is 1. The van der Waals surface area contributed by atoms with Gasteiger partial charge in [-0.05, 0) is 33.8 Å². The van der Waals surface area contributed by atoms with Crippen LogP contribution in [0.25, 0.3) is 0 Å². The fourth-order valence-corrected chi connectivity index (χ4v) is 2.71. The van der Waals surface area contributed by atoms with Gasteiger partial charge in [0, 0.05) is 11.6 Å². The summed E-state index contributed by atoms with van der Waals surface area (Å²) in [5.74, 6) is 1.31. The van der Waals surface area contributed by atoms with Gasteiger partial charge in [0.1, 0.15) is 26.2 Å². The van der Waals surface area contributed by atoms with Gasteiger partial charge in [-0.15, -0.1) is 0 Å². The van der Waals surface area contributed by atoms with Gasteiger partial charge >= 0.3 is 0 Å². The zero-order valence-electron chi connectivity index (χ0n) is 13.6. The van der Waals surface area contributed by atoms with Crippen molar-refractivity contribution in [1.82, 2.24) is 5.32 Å². The molecule has 1 amide bonds. The molecule has 1 aliphatic heterocycles. The Morgan fingerprint density at radius 2 is 2.00 bits per heavy atom. The zero-order valence-corrected chi connectivity index (χ0v) is 13.6.